The van der Waals surface area contributed by atoms with E-state index in [0.717, 1.165) is 5.56 Å². The van der Waals surface area contributed by atoms with Crippen molar-refractivity contribution in [3.63, 3.8) is 0 Å². The molecule has 8 nitrogen and oxygen atoms in total. The highest BCUT2D eigenvalue weighted by Gasteiger charge is 2.38. The van der Waals surface area contributed by atoms with Crippen LogP contribution in [0.15, 0.2) is 85.1 Å². The molecule has 1 aliphatic heterocycles. The molecule has 180 valence electrons. The maximum atomic E-state index is 13.3. The summed E-state index contributed by atoms with van der Waals surface area (Å²) in [6.45, 7) is 4.31. The predicted molar refractivity (Wildman–Crippen MR) is 132 cm³/mol. The standard InChI is InChI=1S/C27H27N3O5/c1-17-24(26(31)29-20-11-7-8-12-21(20)33-2)25(30-27(32)28-17)19-13-14-22(23(15-19)34-3)35-16-18-9-5-4-6-10-18/h4-15,24-25H,1,16H2,2-3H3,(H,29,31)(H2,28,30,32)/t24-,25+/m1/s1. The third-order valence-corrected chi connectivity index (χ3v) is 5.70. The van der Waals surface area contributed by atoms with Gasteiger partial charge in [0.05, 0.1) is 25.9 Å². The van der Waals surface area contributed by atoms with Crippen LogP contribution in [0, 0.1) is 5.92 Å². The topological polar surface area (TPSA) is 97.9 Å². The first kappa shape index (κ1) is 23.7. The van der Waals surface area contributed by atoms with E-state index >= 15 is 0 Å². The first-order chi connectivity index (χ1) is 17.0. The van der Waals surface area contributed by atoms with E-state index in [0.29, 0.717) is 35.1 Å². The quantitative estimate of drug-likeness (QED) is 0.450. The summed E-state index contributed by atoms with van der Waals surface area (Å²) >= 11 is 0. The van der Waals surface area contributed by atoms with Gasteiger partial charge in [-0.1, -0.05) is 55.1 Å². The molecule has 4 rings (SSSR count). The zero-order valence-corrected chi connectivity index (χ0v) is 19.5. The lowest BCUT2D eigenvalue weighted by Gasteiger charge is -2.34. The molecule has 0 aliphatic carbocycles. The van der Waals surface area contributed by atoms with Gasteiger partial charge in [-0.15, -0.1) is 0 Å². The number of benzene rings is 3. The Labute approximate surface area is 203 Å². The smallest absolute Gasteiger partial charge is 0.319 e. The first-order valence-corrected chi connectivity index (χ1v) is 11.0. The van der Waals surface area contributed by atoms with E-state index in [1.54, 1.807) is 43.5 Å². The van der Waals surface area contributed by atoms with Crippen LogP contribution >= 0.6 is 0 Å². The summed E-state index contributed by atoms with van der Waals surface area (Å²) in [6, 6.07) is 21.1. The molecule has 1 saturated heterocycles. The van der Waals surface area contributed by atoms with Crippen molar-refractivity contribution in [2.75, 3.05) is 19.5 Å². The highest BCUT2D eigenvalue weighted by Crippen LogP contribution is 2.36. The summed E-state index contributed by atoms with van der Waals surface area (Å²) in [5.74, 6) is 0.422. The van der Waals surface area contributed by atoms with Gasteiger partial charge in [0.25, 0.3) is 0 Å². The zero-order valence-electron chi connectivity index (χ0n) is 19.5. The molecule has 1 aliphatic rings. The largest absolute Gasteiger partial charge is 0.495 e. The number of carbonyl (C=O) groups excluding carboxylic acids is 2. The normalized spacial score (nSPS) is 17.1. The lowest BCUT2D eigenvalue weighted by Crippen LogP contribution is -2.51. The maximum Gasteiger partial charge on any atom is 0.319 e. The average Bonchev–Trinajstić information content (AvgIpc) is 2.87. The van der Waals surface area contributed by atoms with Crippen LogP contribution in [0.2, 0.25) is 0 Å². The Morgan fingerprint density at radius 3 is 2.40 bits per heavy atom. The van der Waals surface area contributed by atoms with Gasteiger partial charge in [-0.05, 0) is 35.4 Å². The Morgan fingerprint density at radius 2 is 1.66 bits per heavy atom. The van der Waals surface area contributed by atoms with E-state index in [2.05, 4.69) is 22.5 Å². The molecule has 1 fully saturated rings. The van der Waals surface area contributed by atoms with Crippen molar-refractivity contribution in [1.29, 1.82) is 0 Å². The molecular formula is C27H27N3O5. The van der Waals surface area contributed by atoms with E-state index in [1.807, 2.05) is 36.4 Å². The summed E-state index contributed by atoms with van der Waals surface area (Å²) in [4.78, 5) is 25.6. The minimum atomic E-state index is -0.793. The lowest BCUT2D eigenvalue weighted by atomic mass is 9.88. The second kappa shape index (κ2) is 10.6. The van der Waals surface area contributed by atoms with Crippen LogP contribution in [0.25, 0.3) is 0 Å². The molecule has 3 aromatic carbocycles. The van der Waals surface area contributed by atoms with Gasteiger partial charge in [0.15, 0.2) is 11.5 Å². The summed E-state index contributed by atoms with van der Waals surface area (Å²) in [7, 11) is 3.07. The summed E-state index contributed by atoms with van der Waals surface area (Å²) in [5.41, 5.74) is 2.50. The number of para-hydroxylation sites is 2. The van der Waals surface area contributed by atoms with Gasteiger partial charge in [-0.25, -0.2) is 4.79 Å². The van der Waals surface area contributed by atoms with Crippen molar-refractivity contribution < 1.29 is 23.8 Å². The Bertz CT molecular complexity index is 1230. The van der Waals surface area contributed by atoms with Gasteiger partial charge in [0.2, 0.25) is 5.91 Å². The summed E-state index contributed by atoms with van der Waals surface area (Å²) < 4.78 is 16.8. The van der Waals surface area contributed by atoms with Gasteiger partial charge < -0.3 is 30.2 Å². The van der Waals surface area contributed by atoms with Gasteiger partial charge in [0.1, 0.15) is 18.3 Å². The number of urea groups is 1. The van der Waals surface area contributed by atoms with Crippen LogP contribution in [-0.4, -0.2) is 26.2 Å². The van der Waals surface area contributed by atoms with Crippen LogP contribution in [0.5, 0.6) is 17.2 Å². The van der Waals surface area contributed by atoms with Crippen molar-refractivity contribution >= 4 is 17.6 Å². The highest BCUT2D eigenvalue weighted by molar-refractivity contribution is 5.98. The van der Waals surface area contributed by atoms with Gasteiger partial charge in [0, 0.05) is 5.70 Å². The molecule has 3 aromatic rings. The van der Waals surface area contributed by atoms with Gasteiger partial charge in [-0.2, -0.15) is 0 Å². The van der Waals surface area contributed by atoms with E-state index in [9.17, 15) is 9.59 Å². The number of carbonyl (C=O) groups is 2. The van der Waals surface area contributed by atoms with Crippen LogP contribution < -0.4 is 30.2 Å². The number of hydrogen-bond donors (Lipinski definition) is 3. The fourth-order valence-corrected chi connectivity index (χ4v) is 3.96. The van der Waals surface area contributed by atoms with Gasteiger partial charge in [-0.3, -0.25) is 4.79 Å². The number of methoxy groups -OCH3 is 2. The van der Waals surface area contributed by atoms with Gasteiger partial charge >= 0.3 is 6.03 Å². The molecule has 0 spiro atoms. The predicted octanol–water partition coefficient (Wildman–Crippen LogP) is 4.41. The van der Waals surface area contributed by atoms with Crippen molar-refractivity contribution in [3.05, 3.63) is 96.2 Å². The molecular weight excluding hydrogens is 446 g/mol. The third kappa shape index (κ3) is 5.38. The molecule has 35 heavy (non-hydrogen) atoms. The molecule has 0 radical (unpaired) electrons. The Morgan fingerprint density at radius 1 is 0.943 bits per heavy atom. The second-order valence-electron chi connectivity index (χ2n) is 7.95. The van der Waals surface area contributed by atoms with Crippen LogP contribution in [0.4, 0.5) is 10.5 Å². The number of amides is 3. The number of hydrogen-bond acceptors (Lipinski definition) is 5. The molecule has 1 heterocycles. The van der Waals surface area contributed by atoms with Crippen LogP contribution in [-0.2, 0) is 11.4 Å². The minimum absolute atomic E-state index is 0.287. The minimum Gasteiger partial charge on any atom is -0.495 e. The fourth-order valence-electron chi connectivity index (χ4n) is 3.96. The SMILES string of the molecule is C=C1NC(=O)N[C@@H](c2ccc(OCc3ccccc3)c(OC)c2)[C@@H]1C(=O)Nc1ccccc1OC. The Balaban J connectivity index is 1.59. The molecule has 0 aromatic heterocycles. The Kier molecular flexibility index (Phi) is 7.21. The fraction of sp³-hybridized carbons (Fsp3) is 0.185. The summed E-state index contributed by atoms with van der Waals surface area (Å²) in [6.07, 6.45) is 0. The van der Waals surface area contributed by atoms with E-state index in [1.165, 1.54) is 7.11 Å². The van der Waals surface area contributed by atoms with E-state index in [-0.39, 0.29) is 11.6 Å². The van der Waals surface area contributed by atoms with Crippen molar-refractivity contribution in [2.24, 2.45) is 5.92 Å². The first-order valence-electron chi connectivity index (χ1n) is 11.0. The number of ether oxygens (including phenoxy) is 3. The average molecular weight is 474 g/mol. The molecule has 0 saturated carbocycles. The molecule has 2 atom stereocenters. The molecule has 3 amide bonds. The molecule has 0 unspecified atom stereocenters. The van der Waals surface area contributed by atoms with Crippen molar-refractivity contribution in [3.8, 4) is 17.2 Å². The van der Waals surface area contributed by atoms with Crippen molar-refractivity contribution in [2.45, 2.75) is 12.6 Å². The van der Waals surface area contributed by atoms with E-state index in [4.69, 9.17) is 14.2 Å². The van der Waals surface area contributed by atoms with Crippen LogP contribution in [0.1, 0.15) is 17.2 Å². The molecule has 8 heteroatoms. The number of anilines is 1. The van der Waals surface area contributed by atoms with Crippen molar-refractivity contribution in [1.82, 2.24) is 10.6 Å². The monoisotopic (exact) mass is 473 g/mol. The number of nitrogens with one attached hydrogen (secondary N) is 3. The molecule has 0 bridgehead atoms. The lowest BCUT2D eigenvalue weighted by molar-refractivity contribution is -0.119. The second-order valence-corrected chi connectivity index (χ2v) is 7.95. The number of rotatable bonds is 8. The maximum absolute atomic E-state index is 13.3. The van der Waals surface area contributed by atoms with Crippen LogP contribution in [0.3, 0.4) is 0 Å². The third-order valence-electron chi connectivity index (χ3n) is 5.70. The zero-order chi connectivity index (χ0) is 24.8. The van der Waals surface area contributed by atoms with E-state index < -0.39 is 18.0 Å². The molecule has 3 N–H and O–H groups in total. The Hall–Kier alpha value is -4.46. The summed E-state index contributed by atoms with van der Waals surface area (Å²) in [5, 5.41) is 8.33. The highest BCUT2D eigenvalue weighted by atomic mass is 16.5.